The number of ketones is 1. The number of carbonyl (C=O) groups is 1. The first kappa shape index (κ1) is 21.1. The van der Waals surface area contributed by atoms with Crippen LogP contribution < -0.4 is 0 Å². The van der Waals surface area contributed by atoms with Gasteiger partial charge in [-0.2, -0.15) is 0 Å². The summed E-state index contributed by atoms with van der Waals surface area (Å²) >= 11 is 0. The smallest absolute Gasteiger partial charge is 0.210 e. The van der Waals surface area contributed by atoms with Crippen LogP contribution in [0.3, 0.4) is 0 Å². The molecule has 0 atom stereocenters. The molecule has 1 heterocycles. The molecule has 1 fully saturated rings. The number of hydrogen-bond acceptors (Lipinski definition) is 3. The first-order valence-corrected chi connectivity index (χ1v) is 12.1. The fourth-order valence-corrected chi connectivity index (χ4v) is 4.73. The lowest BCUT2D eigenvalue weighted by Crippen LogP contribution is -2.33. The molecule has 0 spiro atoms. The topological polar surface area (TPSA) is 29.5 Å². The van der Waals surface area contributed by atoms with Gasteiger partial charge in [-0.3, -0.25) is 9.69 Å². The van der Waals surface area contributed by atoms with E-state index in [1.807, 2.05) is 30.3 Å². The molecule has 4 heteroatoms. The summed E-state index contributed by atoms with van der Waals surface area (Å²) in [5.74, 6) is 0.184. The van der Waals surface area contributed by atoms with Crippen molar-refractivity contribution < 1.29 is 9.22 Å². The van der Waals surface area contributed by atoms with Crippen LogP contribution in [-0.2, 0) is 4.43 Å². The molecule has 1 aromatic carbocycles. The second kappa shape index (κ2) is 12.2. The quantitative estimate of drug-likeness (QED) is 0.234. The van der Waals surface area contributed by atoms with E-state index in [-0.39, 0.29) is 5.78 Å². The number of rotatable bonds is 11. The molecule has 1 aliphatic heterocycles. The predicted octanol–water partition coefficient (Wildman–Crippen LogP) is 5.11. The van der Waals surface area contributed by atoms with Gasteiger partial charge in [0.2, 0.25) is 9.04 Å². The minimum atomic E-state index is -0.600. The van der Waals surface area contributed by atoms with Crippen molar-refractivity contribution in [2.75, 3.05) is 26.2 Å². The molecule has 143 valence electrons. The molecule has 26 heavy (non-hydrogen) atoms. The molecule has 1 saturated heterocycles. The van der Waals surface area contributed by atoms with Gasteiger partial charge in [0.25, 0.3) is 0 Å². The van der Waals surface area contributed by atoms with Gasteiger partial charge in [-0.1, -0.05) is 56.7 Å². The Kier molecular flexibility index (Phi) is 9.89. The summed E-state index contributed by atoms with van der Waals surface area (Å²) in [5.41, 5.74) is 1.75. The van der Waals surface area contributed by atoms with Gasteiger partial charge in [-0.25, -0.2) is 0 Å². The Bertz CT molecular complexity index is 549. The highest BCUT2D eigenvalue weighted by Crippen LogP contribution is 2.16. The number of unbranched alkanes of at least 4 members (excludes halogenated alkanes) is 1. The van der Waals surface area contributed by atoms with Crippen molar-refractivity contribution in [1.29, 1.82) is 0 Å². The number of likely N-dealkylation sites (tertiary alicyclic amines) is 1. The first-order valence-electron chi connectivity index (χ1n) is 10.2. The largest absolute Gasteiger partial charge is 0.417 e. The summed E-state index contributed by atoms with van der Waals surface area (Å²) in [5, 5.41) is 0. The summed E-state index contributed by atoms with van der Waals surface area (Å²) in [6, 6.07) is 12.0. The molecule has 3 nitrogen and oxygen atoms in total. The van der Waals surface area contributed by atoms with Crippen LogP contribution >= 0.6 is 0 Å². The van der Waals surface area contributed by atoms with E-state index >= 15 is 0 Å². The molecule has 0 unspecified atom stereocenters. The molecule has 1 aliphatic rings. The zero-order valence-electron chi connectivity index (χ0n) is 16.5. The fourth-order valence-electron chi connectivity index (χ4n) is 3.39. The Labute approximate surface area is 161 Å². The van der Waals surface area contributed by atoms with Gasteiger partial charge in [0.05, 0.1) is 0 Å². The molecular formula is C22H34NO2Si. The first-order chi connectivity index (χ1) is 12.7. The van der Waals surface area contributed by atoms with E-state index in [9.17, 15) is 4.79 Å². The Balaban J connectivity index is 1.94. The average Bonchev–Trinajstić information content (AvgIpc) is 2.70. The number of allylic oxidation sites excluding steroid dienone is 1. The highest BCUT2D eigenvalue weighted by molar-refractivity contribution is 6.51. The maximum atomic E-state index is 13.0. The highest BCUT2D eigenvalue weighted by atomic mass is 28.3. The van der Waals surface area contributed by atoms with Gasteiger partial charge < -0.3 is 4.43 Å². The number of benzene rings is 1. The number of piperidine rings is 1. The Morgan fingerprint density at radius 2 is 1.81 bits per heavy atom. The second-order valence-corrected chi connectivity index (χ2v) is 9.78. The normalized spacial score (nSPS) is 16.2. The monoisotopic (exact) mass is 372 g/mol. The maximum Gasteiger partial charge on any atom is 0.210 e. The van der Waals surface area contributed by atoms with Crippen LogP contribution in [0.4, 0.5) is 0 Å². The zero-order chi connectivity index (χ0) is 18.6. The van der Waals surface area contributed by atoms with Gasteiger partial charge in [0.1, 0.15) is 0 Å². The van der Waals surface area contributed by atoms with E-state index in [0.717, 1.165) is 50.2 Å². The lowest BCUT2D eigenvalue weighted by atomic mass is 10.0. The number of hydrogen-bond donors (Lipinski definition) is 0. The molecular weight excluding hydrogens is 338 g/mol. The van der Waals surface area contributed by atoms with Gasteiger partial charge in [0, 0.05) is 24.3 Å². The number of carbonyl (C=O) groups excluding carboxylic acids is 1. The zero-order valence-corrected chi connectivity index (χ0v) is 17.5. The van der Waals surface area contributed by atoms with E-state index in [2.05, 4.69) is 24.8 Å². The lowest BCUT2D eigenvalue weighted by Gasteiger charge is -2.27. The van der Waals surface area contributed by atoms with Crippen LogP contribution in [0.2, 0.25) is 12.1 Å². The van der Waals surface area contributed by atoms with Crippen molar-refractivity contribution in [3.63, 3.8) is 0 Å². The van der Waals surface area contributed by atoms with Crippen molar-refractivity contribution in [2.24, 2.45) is 0 Å². The Morgan fingerprint density at radius 1 is 1.12 bits per heavy atom. The SMILES string of the molecule is CC[Si](CC)OCCC/C=C(/CN1CCCCC1)C(=O)c1ccccc1. The van der Waals surface area contributed by atoms with Gasteiger partial charge in [0.15, 0.2) is 5.78 Å². The van der Waals surface area contributed by atoms with Gasteiger partial charge in [-0.15, -0.1) is 0 Å². The van der Waals surface area contributed by atoms with E-state index in [1.54, 1.807) is 0 Å². The highest BCUT2D eigenvalue weighted by Gasteiger charge is 2.17. The third kappa shape index (κ3) is 7.18. The second-order valence-electron chi connectivity index (χ2n) is 7.00. The summed E-state index contributed by atoms with van der Waals surface area (Å²) in [7, 11) is -0.600. The van der Waals surface area contributed by atoms with Crippen LogP contribution in [-0.4, -0.2) is 46.0 Å². The van der Waals surface area contributed by atoms with Crippen LogP contribution in [0.15, 0.2) is 42.0 Å². The van der Waals surface area contributed by atoms with Crippen LogP contribution in [0.1, 0.15) is 56.3 Å². The Hall–Kier alpha value is -1.23. The summed E-state index contributed by atoms with van der Waals surface area (Å²) in [6.07, 6.45) is 7.90. The minimum Gasteiger partial charge on any atom is -0.417 e. The molecule has 0 amide bonds. The lowest BCUT2D eigenvalue weighted by molar-refractivity contribution is 0.102. The average molecular weight is 373 g/mol. The van der Waals surface area contributed by atoms with Crippen LogP contribution in [0.5, 0.6) is 0 Å². The number of Topliss-reactive ketones (excluding diaryl/α,β-unsaturated/α-hetero) is 1. The molecule has 0 bridgehead atoms. The van der Waals surface area contributed by atoms with E-state index in [0.29, 0.717) is 0 Å². The Morgan fingerprint density at radius 3 is 2.46 bits per heavy atom. The van der Waals surface area contributed by atoms with Crippen LogP contribution in [0.25, 0.3) is 0 Å². The summed E-state index contributed by atoms with van der Waals surface area (Å²) in [6.45, 7) is 8.26. The van der Waals surface area contributed by atoms with Crippen molar-refractivity contribution in [3.05, 3.63) is 47.5 Å². The molecule has 0 aliphatic carbocycles. The van der Waals surface area contributed by atoms with E-state index < -0.39 is 9.04 Å². The van der Waals surface area contributed by atoms with Crippen LogP contribution in [0, 0.1) is 0 Å². The molecule has 0 N–H and O–H groups in total. The molecule has 1 radical (unpaired) electrons. The van der Waals surface area contributed by atoms with Crippen molar-refractivity contribution in [2.45, 2.75) is 58.0 Å². The van der Waals surface area contributed by atoms with Crippen molar-refractivity contribution >= 4 is 14.8 Å². The molecule has 1 aromatic rings. The molecule has 0 saturated carbocycles. The van der Waals surface area contributed by atoms with Crippen molar-refractivity contribution in [3.8, 4) is 0 Å². The van der Waals surface area contributed by atoms with Gasteiger partial charge >= 0.3 is 0 Å². The predicted molar refractivity (Wildman–Crippen MR) is 111 cm³/mol. The summed E-state index contributed by atoms with van der Waals surface area (Å²) < 4.78 is 5.99. The number of nitrogens with zero attached hydrogens (tertiary/aromatic N) is 1. The summed E-state index contributed by atoms with van der Waals surface area (Å²) in [4.78, 5) is 15.4. The third-order valence-electron chi connectivity index (χ3n) is 5.00. The third-order valence-corrected chi connectivity index (χ3v) is 7.19. The molecule has 0 aromatic heterocycles. The van der Waals surface area contributed by atoms with Gasteiger partial charge in [-0.05, 0) is 50.9 Å². The molecule has 2 rings (SSSR count). The maximum absolute atomic E-state index is 13.0. The van der Waals surface area contributed by atoms with E-state index in [1.165, 1.54) is 31.4 Å². The standard InChI is InChI=1S/C22H34NO2Si/c1-3-26(4-2)25-18-12-9-15-21(19-23-16-10-6-11-17-23)22(24)20-13-7-5-8-14-20/h5,7-8,13-15H,3-4,6,9-12,16-19H2,1-2H3/b21-15-. The fraction of sp³-hybridized carbons (Fsp3) is 0.591. The van der Waals surface area contributed by atoms with E-state index in [4.69, 9.17) is 4.43 Å². The minimum absolute atomic E-state index is 0.184. The van der Waals surface area contributed by atoms with Crippen molar-refractivity contribution in [1.82, 2.24) is 4.90 Å².